The van der Waals surface area contributed by atoms with Crippen LogP contribution in [0.4, 0.5) is 8.78 Å². The molecule has 0 radical (unpaired) electrons. The summed E-state index contributed by atoms with van der Waals surface area (Å²) in [7, 11) is 0. The van der Waals surface area contributed by atoms with Gasteiger partial charge < -0.3 is 0 Å². The van der Waals surface area contributed by atoms with Crippen LogP contribution >= 0.6 is 0 Å². The fourth-order valence-electron chi connectivity index (χ4n) is 0.515. The molecule has 0 spiro atoms. The van der Waals surface area contributed by atoms with Gasteiger partial charge in [0.05, 0.1) is 12.1 Å². The molecular weight excluding hydrogens is 136 g/mol. The lowest BCUT2D eigenvalue weighted by molar-refractivity contribution is 0.104. The summed E-state index contributed by atoms with van der Waals surface area (Å²) in [5.74, 6) is 2.31. The summed E-state index contributed by atoms with van der Waals surface area (Å²) < 4.78 is 23.6. The molecule has 0 saturated carbocycles. The summed E-state index contributed by atoms with van der Waals surface area (Å²) in [6, 6.07) is -1.12. The zero-order chi connectivity index (χ0) is 8.15. The Balaban J connectivity index is 3.59. The van der Waals surface area contributed by atoms with Gasteiger partial charge in [-0.15, -0.1) is 6.42 Å². The van der Waals surface area contributed by atoms with Crippen molar-refractivity contribution >= 4 is 0 Å². The lowest BCUT2D eigenvalue weighted by Crippen LogP contribution is -2.38. The molecule has 0 fully saturated rings. The van der Waals surface area contributed by atoms with Crippen LogP contribution in [0, 0.1) is 12.3 Å². The van der Waals surface area contributed by atoms with Crippen LogP contribution in [0.1, 0.15) is 13.8 Å². The predicted octanol–water partition coefficient (Wildman–Crippen LogP) is 1.25. The second-order valence-electron chi connectivity index (χ2n) is 2.18. The van der Waals surface area contributed by atoms with Gasteiger partial charge in [-0.3, -0.25) is 5.32 Å². The lowest BCUT2D eigenvalue weighted by Gasteiger charge is -2.14. The SMILES string of the molecule is C#CC(C)NC(C)C(F)F. The first-order valence-corrected chi connectivity index (χ1v) is 3.08. The fraction of sp³-hybridized carbons (Fsp3) is 0.714. The molecule has 1 N–H and O–H groups in total. The Bertz CT molecular complexity index is 128. The maximum atomic E-state index is 11.8. The van der Waals surface area contributed by atoms with Gasteiger partial charge >= 0.3 is 0 Å². The van der Waals surface area contributed by atoms with Gasteiger partial charge in [-0.05, 0) is 13.8 Å². The number of hydrogen-bond acceptors (Lipinski definition) is 1. The molecule has 2 unspecified atom stereocenters. The van der Waals surface area contributed by atoms with Crippen molar-refractivity contribution in [2.24, 2.45) is 0 Å². The standard InChI is InChI=1S/C7H11F2N/c1-4-5(2)10-6(3)7(8)9/h1,5-7,10H,2-3H3. The number of halogens is 2. The molecular formula is C7H11F2N. The highest BCUT2D eigenvalue weighted by atomic mass is 19.3. The molecule has 0 aliphatic carbocycles. The van der Waals surface area contributed by atoms with Gasteiger partial charge in [0.2, 0.25) is 0 Å². The van der Waals surface area contributed by atoms with Crippen molar-refractivity contribution in [1.82, 2.24) is 5.32 Å². The van der Waals surface area contributed by atoms with Crippen molar-refractivity contribution in [3.05, 3.63) is 0 Å². The second kappa shape index (κ2) is 4.24. The largest absolute Gasteiger partial charge is 0.296 e. The minimum absolute atomic E-state index is 0.288. The van der Waals surface area contributed by atoms with E-state index >= 15 is 0 Å². The third-order valence-corrected chi connectivity index (χ3v) is 1.14. The normalized spacial score (nSPS) is 16.4. The van der Waals surface area contributed by atoms with E-state index in [1.165, 1.54) is 6.92 Å². The summed E-state index contributed by atoms with van der Waals surface area (Å²) in [6.45, 7) is 3.07. The van der Waals surface area contributed by atoms with Crippen molar-refractivity contribution in [3.63, 3.8) is 0 Å². The molecule has 0 aliphatic heterocycles. The minimum atomic E-state index is -2.35. The van der Waals surface area contributed by atoms with Gasteiger partial charge in [-0.1, -0.05) is 5.92 Å². The molecule has 2 atom stereocenters. The molecule has 0 bridgehead atoms. The summed E-state index contributed by atoms with van der Waals surface area (Å²) in [6.07, 6.45) is 2.61. The van der Waals surface area contributed by atoms with E-state index in [0.717, 1.165) is 0 Å². The quantitative estimate of drug-likeness (QED) is 0.592. The third kappa shape index (κ3) is 3.41. The van der Waals surface area contributed by atoms with Crippen LogP contribution in [0.25, 0.3) is 0 Å². The second-order valence-corrected chi connectivity index (χ2v) is 2.18. The molecule has 0 rings (SSSR count). The van der Waals surface area contributed by atoms with Gasteiger partial charge in [0, 0.05) is 0 Å². The number of nitrogens with one attached hydrogen (secondary N) is 1. The average molecular weight is 147 g/mol. The van der Waals surface area contributed by atoms with Crippen LogP contribution in [-0.2, 0) is 0 Å². The first-order chi connectivity index (χ1) is 4.57. The highest BCUT2D eigenvalue weighted by Gasteiger charge is 2.14. The number of alkyl halides is 2. The topological polar surface area (TPSA) is 12.0 Å². The Kier molecular flexibility index (Phi) is 3.97. The third-order valence-electron chi connectivity index (χ3n) is 1.14. The summed E-state index contributed by atoms with van der Waals surface area (Å²) in [5.41, 5.74) is 0. The van der Waals surface area contributed by atoms with E-state index in [0.29, 0.717) is 0 Å². The van der Waals surface area contributed by atoms with Crippen LogP contribution in [0.15, 0.2) is 0 Å². The Morgan fingerprint density at radius 3 is 2.20 bits per heavy atom. The summed E-state index contributed by atoms with van der Waals surface area (Å²) in [4.78, 5) is 0. The molecule has 0 heterocycles. The van der Waals surface area contributed by atoms with E-state index in [1.54, 1.807) is 6.92 Å². The lowest BCUT2D eigenvalue weighted by atomic mass is 10.3. The monoisotopic (exact) mass is 147 g/mol. The Labute approximate surface area is 59.8 Å². The number of hydrogen-bond donors (Lipinski definition) is 1. The van der Waals surface area contributed by atoms with E-state index in [2.05, 4.69) is 11.2 Å². The first kappa shape index (κ1) is 9.38. The van der Waals surface area contributed by atoms with Crippen LogP contribution in [0.3, 0.4) is 0 Å². The first-order valence-electron chi connectivity index (χ1n) is 3.08. The van der Waals surface area contributed by atoms with Gasteiger partial charge in [0.1, 0.15) is 0 Å². The Morgan fingerprint density at radius 1 is 1.40 bits per heavy atom. The number of terminal acetylenes is 1. The van der Waals surface area contributed by atoms with E-state index in [-0.39, 0.29) is 6.04 Å². The van der Waals surface area contributed by atoms with Gasteiger partial charge in [-0.2, -0.15) is 0 Å². The molecule has 1 nitrogen and oxygen atoms in total. The Hall–Kier alpha value is -0.620. The van der Waals surface area contributed by atoms with E-state index in [9.17, 15) is 8.78 Å². The number of rotatable bonds is 3. The molecule has 0 aromatic heterocycles. The summed E-state index contributed by atoms with van der Waals surface area (Å²) >= 11 is 0. The van der Waals surface area contributed by atoms with E-state index < -0.39 is 12.5 Å². The molecule has 0 aromatic rings. The van der Waals surface area contributed by atoms with Gasteiger partial charge in [-0.25, -0.2) is 8.78 Å². The predicted molar refractivity (Wildman–Crippen MR) is 36.9 cm³/mol. The van der Waals surface area contributed by atoms with E-state index in [1.807, 2.05) is 0 Å². The fourth-order valence-corrected chi connectivity index (χ4v) is 0.515. The molecule has 10 heavy (non-hydrogen) atoms. The van der Waals surface area contributed by atoms with Crippen molar-refractivity contribution < 1.29 is 8.78 Å². The molecule has 58 valence electrons. The van der Waals surface area contributed by atoms with E-state index in [4.69, 9.17) is 6.42 Å². The maximum Gasteiger partial charge on any atom is 0.253 e. The van der Waals surface area contributed by atoms with Crippen molar-refractivity contribution in [1.29, 1.82) is 0 Å². The van der Waals surface area contributed by atoms with Crippen LogP contribution in [0.2, 0.25) is 0 Å². The zero-order valence-corrected chi connectivity index (χ0v) is 6.07. The van der Waals surface area contributed by atoms with Crippen LogP contribution in [0.5, 0.6) is 0 Å². The van der Waals surface area contributed by atoms with Crippen LogP contribution < -0.4 is 5.32 Å². The molecule has 0 saturated heterocycles. The molecule has 0 amide bonds. The highest BCUT2D eigenvalue weighted by molar-refractivity contribution is 4.96. The minimum Gasteiger partial charge on any atom is -0.296 e. The van der Waals surface area contributed by atoms with Gasteiger partial charge in [0.25, 0.3) is 6.43 Å². The smallest absolute Gasteiger partial charge is 0.253 e. The zero-order valence-electron chi connectivity index (χ0n) is 6.07. The highest BCUT2D eigenvalue weighted by Crippen LogP contribution is 1.99. The average Bonchev–Trinajstić information content (AvgIpc) is 1.87. The molecule has 3 heteroatoms. The molecule has 0 aromatic carbocycles. The van der Waals surface area contributed by atoms with Crippen molar-refractivity contribution in [3.8, 4) is 12.3 Å². The van der Waals surface area contributed by atoms with Crippen molar-refractivity contribution in [2.75, 3.05) is 0 Å². The van der Waals surface area contributed by atoms with Crippen LogP contribution in [-0.4, -0.2) is 18.5 Å². The van der Waals surface area contributed by atoms with Gasteiger partial charge in [0.15, 0.2) is 0 Å². The Morgan fingerprint density at radius 2 is 1.90 bits per heavy atom. The molecule has 0 aliphatic rings. The van der Waals surface area contributed by atoms with Crippen molar-refractivity contribution in [2.45, 2.75) is 32.4 Å². The summed E-state index contributed by atoms with van der Waals surface area (Å²) in [5, 5.41) is 2.54. The maximum absolute atomic E-state index is 11.8.